The molecule has 4 nitrogen and oxygen atoms in total. The van der Waals surface area contributed by atoms with Crippen LogP contribution in [-0.4, -0.2) is 59.7 Å². The summed E-state index contributed by atoms with van der Waals surface area (Å²) in [7, 11) is 0. The maximum Gasteiger partial charge on any atom is 0.0701 e. The van der Waals surface area contributed by atoms with E-state index in [0.29, 0.717) is 12.7 Å². The molecule has 16 heavy (non-hydrogen) atoms. The van der Waals surface area contributed by atoms with Crippen LogP contribution in [0.5, 0.6) is 0 Å². The third-order valence-corrected chi connectivity index (χ3v) is 3.02. The van der Waals surface area contributed by atoms with Crippen molar-refractivity contribution in [3.05, 3.63) is 0 Å². The third-order valence-electron chi connectivity index (χ3n) is 3.02. The molecule has 4 heteroatoms. The predicted molar refractivity (Wildman–Crippen MR) is 63.4 cm³/mol. The summed E-state index contributed by atoms with van der Waals surface area (Å²) in [5.41, 5.74) is -0.565. The lowest BCUT2D eigenvalue weighted by Crippen LogP contribution is -2.39. The van der Waals surface area contributed by atoms with Gasteiger partial charge in [0.15, 0.2) is 0 Å². The molecule has 1 fully saturated rings. The molecule has 0 aromatic heterocycles. The Morgan fingerprint density at radius 3 is 2.44 bits per heavy atom. The van der Waals surface area contributed by atoms with Crippen molar-refractivity contribution in [2.24, 2.45) is 0 Å². The van der Waals surface area contributed by atoms with E-state index in [1.807, 2.05) is 13.8 Å². The Balaban J connectivity index is 2.12. The Labute approximate surface area is 98.2 Å². The molecule has 2 N–H and O–H groups in total. The molecular weight excluding hydrogens is 206 g/mol. The number of ether oxygens (including phenoxy) is 1. The maximum atomic E-state index is 9.64. The van der Waals surface area contributed by atoms with Crippen LogP contribution in [0.2, 0.25) is 0 Å². The minimum atomic E-state index is -0.565. The summed E-state index contributed by atoms with van der Waals surface area (Å²) in [6.07, 6.45) is 3.19. The summed E-state index contributed by atoms with van der Waals surface area (Å²) in [5.74, 6) is 0. The first-order chi connectivity index (χ1) is 7.51. The molecule has 0 amide bonds. The van der Waals surface area contributed by atoms with Crippen molar-refractivity contribution in [1.82, 2.24) is 4.90 Å². The van der Waals surface area contributed by atoms with E-state index in [2.05, 4.69) is 4.90 Å². The van der Waals surface area contributed by atoms with Crippen LogP contribution < -0.4 is 0 Å². The smallest absolute Gasteiger partial charge is 0.0701 e. The molecule has 96 valence electrons. The van der Waals surface area contributed by atoms with Crippen LogP contribution in [0.3, 0.4) is 0 Å². The lowest BCUT2D eigenvalue weighted by Gasteiger charge is -2.33. The minimum Gasteiger partial charge on any atom is -0.394 e. The molecule has 0 spiro atoms. The highest BCUT2D eigenvalue weighted by atomic mass is 16.5. The normalized spacial score (nSPS) is 20.2. The number of aliphatic hydroxyl groups is 2. The molecule has 0 aliphatic carbocycles. The summed E-state index contributed by atoms with van der Waals surface area (Å²) in [6.45, 7) is 7.29. The molecule has 1 heterocycles. The Bertz CT molecular complexity index is 183. The van der Waals surface area contributed by atoms with E-state index in [0.717, 1.165) is 38.9 Å². The highest BCUT2D eigenvalue weighted by molar-refractivity contribution is 4.75. The highest BCUT2D eigenvalue weighted by Gasteiger charge is 2.21. The van der Waals surface area contributed by atoms with Gasteiger partial charge in [0.2, 0.25) is 0 Å². The van der Waals surface area contributed by atoms with Gasteiger partial charge in [0.05, 0.1) is 24.9 Å². The predicted octanol–water partition coefficient (Wildman–Crippen LogP) is 0.621. The molecule has 1 aliphatic rings. The van der Waals surface area contributed by atoms with Crippen LogP contribution in [0.25, 0.3) is 0 Å². The maximum absolute atomic E-state index is 9.64. The van der Waals surface area contributed by atoms with Crippen molar-refractivity contribution in [3.63, 3.8) is 0 Å². The van der Waals surface area contributed by atoms with Crippen molar-refractivity contribution < 1.29 is 14.9 Å². The van der Waals surface area contributed by atoms with E-state index in [4.69, 9.17) is 9.84 Å². The largest absolute Gasteiger partial charge is 0.394 e. The summed E-state index contributed by atoms with van der Waals surface area (Å²) < 4.78 is 5.50. The number of nitrogens with zero attached hydrogens (tertiary/aromatic N) is 1. The fraction of sp³-hybridized carbons (Fsp3) is 1.00. The van der Waals surface area contributed by atoms with E-state index >= 15 is 0 Å². The van der Waals surface area contributed by atoms with Crippen molar-refractivity contribution in [2.75, 3.05) is 32.8 Å². The van der Waals surface area contributed by atoms with Crippen LogP contribution in [0, 0.1) is 0 Å². The number of aliphatic hydroxyl groups excluding tert-OH is 1. The summed E-state index contributed by atoms with van der Waals surface area (Å²) in [6, 6.07) is 0. The monoisotopic (exact) mass is 231 g/mol. The van der Waals surface area contributed by atoms with Gasteiger partial charge in [-0.15, -0.1) is 0 Å². The molecule has 1 saturated heterocycles. The van der Waals surface area contributed by atoms with E-state index in [9.17, 15) is 5.11 Å². The zero-order chi connectivity index (χ0) is 12.0. The molecule has 0 radical (unpaired) electrons. The zero-order valence-corrected chi connectivity index (χ0v) is 10.5. The van der Waals surface area contributed by atoms with Crippen molar-refractivity contribution in [2.45, 2.75) is 44.8 Å². The number of hydrogen-bond donors (Lipinski definition) is 2. The van der Waals surface area contributed by atoms with Crippen LogP contribution in [-0.2, 0) is 4.74 Å². The molecule has 0 aromatic rings. The Morgan fingerprint density at radius 1 is 1.31 bits per heavy atom. The number of rotatable bonds is 6. The second kappa shape index (κ2) is 6.55. The standard InChI is InChI=1S/C12H25NO3/c1-12(2,15)5-8-13-6-3-11(4-7-13)16-10-9-14/h11,14-15H,3-10H2,1-2H3. The molecule has 1 rings (SSSR count). The Morgan fingerprint density at radius 2 is 1.94 bits per heavy atom. The van der Waals surface area contributed by atoms with E-state index < -0.39 is 5.60 Å². The first-order valence-electron chi connectivity index (χ1n) is 6.18. The third kappa shape index (κ3) is 5.80. The first kappa shape index (κ1) is 13.9. The van der Waals surface area contributed by atoms with Gasteiger partial charge in [-0.1, -0.05) is 0 Å². The summed E-state index contributed by atoms with van der Waals surface area (Å²) >= 11 is 0. The summed E-state index contributed by atoms with van der Waals surface area (Å²) in [5, 5.41) is 18.3. The first-order valence-corrected chi connectivity index (χ1v) is 6.18. The number of piperidine rings is 1. The summed E-state index contributed by atoms with van der Waals surface area (Å²) in [4.78, 5) is 2.37. The lowest BCUT2D eigenvalue weighted by molar-refractivity contribution is -0.0129. The SMILES string of the molecule is CC(C)(O)CCN1CCC(OCCO)CC1. The van der Waals surface area contributed by atoms with Crippen molar-refractivity contribution in [1.29, 1.82) is 0 Å². The zero-order valence-electron chi connectivity index (χ0n) is 10.5. The molecule has 0 atom stereocenters. The van der Waals surface area contributed by atoms with Gasteiger partial charge in [0.1, 0.15) is 0 Å². The van der Waals surface area contributed by atoms with Crippen molar-refractivity contribution in [3.8, 4) is 0 Å². The van der Waals surface area contributed by atoms with Crippen molar-refractivity contribution >= 4 is 0 Å². The Kier molecular flexibility index (Phi) is 5.69. The fourth-order valence-electron chi connectivity index (χ4n) is 1.95. The van der Waals surface area contributed by atoms with Gasteiger partial charge >= 0.3 is 0 Å². The second-order valence-electron chi connectivity index (χ2n) is 5.20. The van der Waals surface area contributed by atoms with Gasteiger partial charge in [-0.25, -0.2) is 0 Å². The highest BCUT2D eigenvalue weighted by Crippen LogP contribution is 2.16. The quantitative estimate of drug-likeness (QED) is 0.703. The lowest BCUT2D eigenvalue weighted by atomic mass is 10.0. The number of hydrogen-bond acceptors (Lipinski definition) is 4. The fourth-order valence-corrected chi connectivity index (χ4v) is 1.95. The van der Waals surface area contributed by atoms with Crippen LogP contribution in [0.4, 0.5) is 0 Å². The van der Waals surface area contributed by atoms with E-state index in [1.165, 1.54) is 0 Å². The number of likely N-dealkylation sites (tertiary alicyclic amines) is 1. The Hall–Kier alpha value is -0.160. The second-order valence-corrected chi connectivity index (χ2v) is 5.20. The molecule has 1 aliphatic heterocycles. The average Bonchev–Trinajstić information content (AvgIpc) is 2.24. The van der Waals surface area contributed by atoms with Gasteiger partial charge < -0.3 is 19.8 Å². The van der Waals surface area contributed by atoms with Gasteiger partial charge in [0, 0.05) is 19.6 Å². The van der Waals surface area contributed by atoms with Gasteiger partial charge in [-0.05, 0) is 33.1 Å². The molecular formula is C12H25NO3. The average molecular weight is 231 g/mol. The van der Waals surface area contributed by atoms with E-state index in [-0.39, 0.29) is 6.61 Å². The van der Waals surface area contributed by atoms with Gasteiger partial charge in [-0.2, -0.15) is 0 Å². The topological polar surface area (TPSA) is 52.9 Å². The van der Waals surface area contributed by atoms with Crippen LogP contribution in [0.15, 0.2) is 0 Å². The van der Waals surface area contributed by atoms with E-state index in [1.54, 1.807) is 0 Å². The van der Waals surface area contributed by atoms with Crippen LogP contribution in [0.1, 0.15) is 33.1 Å². The molecule has 0 saturated carbocycles. The minimum absolute atomic E-state index is 0.110. The van der Waals surface area contributed by atoms with Crippen LogP contribution >= 0.6 is 0 Å². The molecule has 0 unspecified atom stereocenters. The molecule has 0 aromatic carbocycles. The van der Waals surface area contributed by atoms with Gasteiger partial charge in [0.25, 0.3) is 0 Å². The van der Waals surface area contributed by atoms with Gasteiger partial charge in [-0.3, -0.25) is 0 Å². The molecule has 0 bridgehead atoms.